The van der Waals surface area contributed by atoms with Gasteiger partial charge in [0.1, 0.15) is 0 Å². The molecule has 2 amide bonds. The van der Waals surface area contributed by atoms with Crippen molar-refractivity contribution in [2.45, 2.75) is 40.0 Å². The van der Waals surface area contributed by atoms with Crippen LogP contribution in [0.25, 0.3) is 0 Å². The van der Waals surface area contributed by atoms with Gasteiger partial charge in [-0.3, -0.25) is 9.59 Å². The lowest BCUT2D eigenvalue weighted by Crippen LogP contribution is -2.38. The Kier molecular flexibility index (Phi) is 7.05. The second-order valence-corrected chi connectivity index (χ2v) is 5.98. The summed E-state index contributed by atoms with van der Waals surface area (Å²) in [5.74, 6) is -0.926. The maximum atomic E-state index is 12.0. The highest BCUT2D eigenvalue weighted by Crippen LogP contribution is 2.27. The molecule has 0 aliphatic carbocycles. The molecule has 3 N–H and O–H groups in total. The van der Waals surface area contributed by atoms with Gasteiger partial charge in [-0.05, 0) is 36.3 Å². The Morgan fingerprint density at radius 2 is 1.86 bits per heavy atom. The van der Waals surface area contributed by atoms with Crippen LogP contribution in [0, 0.1) is 12.8 Å². The molecule has 0 bridgehead atoms. The molecular weight excluding hydrogens is 280 g/mol. The number of aliphatic hydroxyl groups is 1. The van der Waals surface area contributed by atoms with Crippen LogP contribution >= 0.6 is 0 Å². The predicted octanol–water partition coefficient (Wildman–Crippen LogP) is 2.19. The molecule has 0 saturated heterocycles. The predicted molar refractivity (Wildman–Crippen MR) is 87.8 cm³/mol. The molecule has 5 nitrogen and oxygen atoms in total. The lowest BCUT2D eigenvalue weighted by atomic mass is 9.98. The van der Waals surface area contributed by atoms with Gasteiger partial charge >= 0.3 is 11.8 Å². The largest absolute Gasteiger partial charge is 0.396 e. The minimum atomic E-state index is -0.660. The summed E-state index contributed by atoms with van der Waals surface area (Å²) in [5.41, 5.74) is 2.65. The third-order valence-corrected chi connectivity index (χ3v) is 3.60. The molecule has 0 fully saturated rings. The van der Waals surface area contributed by atoms with Crippen LogP contribution < -0.4 is 10.6 Å². The number of benzene rings is 1. The summed E-state index contributed by atoms with van der Waals surface area (Å²) in [6.45, 7) is 8.35. The minimum absolute atomic E-state index is 0.0736. The maximum Gasteiger partial charge on any atom is 0.313 e. The smallest absolute Gasteiger partial charge is 0.313 e. The number of rotatable bonds is 6. The highest BCUT2D eigenvalue weighted by molar-refractivity contribution is 6.39. The standard InChI is InChI=1S/C17H26N2O3/c1-11(2)14-7-5-6-13(4)15(14)19-17(22)16(21)18-10-12(3)8-9-20/h5-7,11-12,20H,8-10H2,1-4H3,(H,18,21)(H,19,22). The quantitative estimate of drug-likeness (QED) is 0.705. The van der Waals surface area contributed by atoms with Crippen LogP contribution in [0.5, 0.6) is 0 Å². The van der Waals surface area contributed by atoms with Crippen LogP contribution in [0.2, 0.25) is 0 Å². The summed E-state index contributed by atoms with van der Waals surface area (Å²) in [6.07, 6.45) is 0.594. The summed E-state index contributed by atoms with van der Waals surface area (Å²) >= 11 is 0. The highest BCUT2D eigenvalue weighted by atomic mass is 16.3. The third-order valence-electron chi connectivity index (χ3n) is 3.60. The number of para-hydroxylation sites is 1. The topological polar surface area (TPSA) is 78.4 Å². The zero-order chi connectivity index (χ0) is 16.7. The second kappa shape index (κ2) is 8.54. The van der Waals surface area contributed by atoms with Gasteiger partial charge in [0.15, 0.2) is 0 Å². The number of carbonyl (C=O) groups excluding carboxylic acids is 2. The van der Waals surface area contributed by atoms with Crippen LogP contribution in [0.1, 0.15) is 44.2 Å². The molecule has 1 rings (SSSR count). The summed E-state index contributed by atoms with van der Waals surface area (Å²) in [5, 5.41) is 14.1. The van der Waals surface area contributed by atoms with Gasteiger partial charge < -0.3 is 15.7 Å². The van der Waals surface area contributed by atoms with Crippen molar-refractivity contribution in [1.82, 2.24) is 5.32 Å². The van der Waals surface area contributed by atoms with Gasteiger partial charge in [0, 0.05) is 18.8 Å². The molecule has 1 unspecified atom stereocenters. The number of aliphatic hydroxyl groups excluding tert-OH is 1. The van der Waals surface area contributed by atoms with Crippen molar-refractivity contribution in [2.75, 3.05) is 18.5 Å². The molecule has 0 heterocycles. The van der Waals surface area contributed by atoms with Crippen LogP contribution in [0.15, 0.2) is 18.2 Å². The first kappa shape index (κ1) is 18.2. The van der Waals surface area contributed by atoms with Crippen LogP contribution in [0.4, 0.5) is 5.69 Å². The van der Waals surface area contributed by atoms with Crippen molar-refractivity contribution < 1.29 is 14.7 Å². The van der Waals surface area contributed by atoms with Gasteiger partial charge in [-0.25, -0.2) is 0 Å². The van der Waals surface area contributed by atoms with Gasteiger partial charge in [0.2, 0.25) is 0 Å². The van der Waals surface area contributed by atoms with Gasteiger partial charge in [0.25, 0.3) is 0 Å². The molecular formula is C17H26N2O3. The van der Waals surface area contributed by atoms with E-state index in [-0.39, 0.29) is 18.4 Å². The van der Waals surface area contributed by atoms with E-state index in [0.717, 1.165) is 11.1 Å². The van der Waals surface area contributed by atoms with Crippen LogP contribution in [-0.4, -0.2) is 30.1 Å². The van der Waals surface area contributed by atoms with E-state index in [9.17, 15) is 9.59 Å². The molecule has 5 heteroatoms. The first-order chi connectivity index (χ1) is 10.4. The zero-order valence-electron chi connectivity index (χ0n) is 13.8. The van der Waals surface area contributed by atoms with Crippen molar-refractivity contribution in [1.29, 1.82) is 0 Å². The third kappa shape index (κ3) is 5.15. The SMILES string of the molecule is Cc1cccc(C(C)C)c1NC(=O)C(=O)NCC(C)CCO. The van der Waals surface area contributed by atoms with Gasteiger partial charge in [-0.2, -0.15) is 0 Å². The molecule has 122 valence electrons. The molecule has 1 atom stereocenters. The fourth-order valence-electron chi connectivity index (χ4n) is 2.18. The Labute approximate surface area is 132 Å². The first-order valence-electron chi connectivity index (χ1n) is 7.66. The van der Waals surface area contributed by atoms with Crippen molar-refractivity contribution in [3.05, 3.63) is 29.3 Å². The lowest BCUT2D eigenvalue weighted by molar-refractivity contribution is -0.136. The summed E-state index contributed by atoms with van der Waals surface area (Å²) in [4.78, 5) is 23.9. The Bertz CT molecular complexity index is 527. The summed E-state index contributed by atoms with van der Waals surface area (Å²) in [6, 6.07) is 5.80. The molecule has 1 aromatic carbocycles. The van der Waals surface area contributed by atoms with Crippen molar-refractivity contribution >= 4 is 17.5 Å². The number of anilines is 1. The molecule has 0 saturated carbocycles. The number of carbonyl (C=O) groups is 2. The maximum absolute atomic E-state index is 12.0. The van der Waals surface area contributed by atoms with E-state index < -0.39 is 11.8 Å². The number of hydrogen-bond acceptors (Lipinski definition) is 3. The molecule has 0 aliphatic heterocycles. The monoisotopic (exact) mass is 306 g/mol. The van der Waals surface area contributed by atoms with Crippen LogP contribution in [-0.2, 0) is 9.59 Å². The van der Waals surface area contributed by atoms with E-state index in [0.29, 0.717) is 18.7 Å². The first-order valence-corrected chi connectivity index (χ1v) is 7.66. The molecule has 0 aliphatic rings. The van der Waals surface area contributed by atoms with E-state index in [2.05, 4.69) is 10.6 Å². The van der Waals surface area contributed by atoms with E-state index in [1.165, 1.54) is 0 Å². The Morgan fingerprint density at radius 3 is 2.45 bits per heavy atom. The van der Waals surface area contributed by atoms with Gasteiger partial charge in [-0.15, -0.1) is 0 Å². The summed E-state index contributed by atoms with van der Waals surface area (Å²) < 4.78 is 0. The highest BCUT2D eigenvalue weighted by Gasteiger charge is 2.18. The Hall–Kier alpha value is -1.88. The average molecular weight is 306 g/mol. The van der Waals surface area contributed by atoms with Gasteiger partial charge in [-0.1, -0.05) is 39.0 Å². The average Bonchev–Trinajstić information content (AvgIpc) is 2.46. The second-order valence-electron chi connectivity index (χ2n) is 5.98. The summed E-state index contributed by atoms with van der Waals surface area (Å²) in [7, 11) is 0. The fraction of sp³-hybridized carbons (Fsp3) is 0.529. The van der Waals surface area contributed by atoms with Crippen molar-refractivity contribution in [2.24, 2.45) is 5.92 Å². The number of amides is 2. The van der Waals surface area contributed by atoms with Crippen molar-refractivity contribution in [3.8, 4) is 0 Å². The molecule has 22 heavy (non-hydrogen) atoms. The Morgan fingerprint density at radius 1 is 1.18 bits per heavy atom. The molecule has 0 radical (unpaired) electrons. The van der Waals surface area contributed by atoms with E-state index in [1.54, 1.807) is 0 Å². The number of hydrogen-bond donors (Lipinski definition) is 3. The van der Waals surface area contributed by atoms with Crippen LogP contribution in [0.3, 0.4) is 0 Å². The molecule has 0 spiro atoms. The molecule has 1 aromatic rings. The van der Waals surface area contributed by atoms with E-state index in [1.807, 2.05) is 45.9 Å². The number of nitrogens with one attached hydrogen (secondary N) is 2. The van der Waals surface area contributed by atoms with Gasteiger partial charge in [0.05, 0.1) is 0 Å². The lowest BCUT2D eigenvalue weighted by Gasteiger charge is -2.16. The fourth-order valence-corrected chi connectivity index (χ4v) is 2.18. The normalized spacial score (nSPS) is 12.1. The Balaban J connectivity index is 2.71. The molecule has 0 aromatic heterocycles. The van der Waals surface area contributed by atoms with Crippen molar-refractivity contribution in [3.63, 3.8) is 0 Å². The zero-order valence-corrected chi connectivity index (χ0v) is 13.8. The van der Waals surface area contributed by atoms with E-state index >= 15 is 0 Å². The number of aryl methyl sites for hydroxylation is 1. The minimum Gasteiger partial charge on any atom is -0.396 e. The van der Waals surface area contributed by atoms with E-state index in [4.69, 9.17) is 5.11 Å².